The van der Waals surface area contributed by atoms with Crippen molar-refractivity contribution in [3.8, 4) is 0 Å². The van der Waals surface area contributed by atoms with Crippen molar-refractivity contribution < 1.29 is 0 Å². The fourth-order valence-corrected chi connectivity index (χ4v) is 4.03. The van der Waals surface area contributed by atoms with E-state index in [1.807, 2.05) is 59.8 Å². The van der Waals surface area contributed by atoms with Crippen LogP contribution in [0.1, 0.15) is 22.7 Å². The van der Waals surface area contributed by atoms with E-state index in [1.54, 1.807) is 0 Å². The maximum Gasteiger partial charge on any atom is 0.0767 e. The van der Waals surface area contributed by atoms with Crippen LogP contribution >= 0.6 is 0 Å². The molecule has 3 heteroatoms. The first-order chi connectivity index (χ1) is 17.4. The van der Waals surface area contributed by atoms with Crippen molar-refractivity contribution in [1.82, 2.24) is 0 Å². The van der Waals surface area contributed by atoms with E-state index in [0.717, 1.165) is 22.6 Å². The van der Waals surface area contributed by atoms with Gasteiger partial charge in [-0.1, -0.05) is 109 Å². The van der Waals surface area contributed by atoms with Gasteiger partial charge in [0.15, 0.2) is 0 Å². The molecule has 0 unspecified atom stereocenters. The van der Waals surface area contributed by atoms with Crippen LogP contribution in [0.2, 0.25) is 0 Å². The van der Waals surface area contributed by atoms with Crippen LogP contribution in [0.15, 0.2) is 151 Å². The fourth-order valence-electron chi connectivity index (χ4n) is 4.03. The Morgan fingerprint density at radius 3 is 1.40 bits per heavy atom. The lowest BCUT2D eigenvalue weighted by Gasteiger charge is -2.21. The van der Waals surface area contributed by atoms with E-state index in [-0.39, 0.29) is 6.04 Å². The van der Waals surface area contributed by atoms with Crippen molar-refractivity contribution in [2.75, 3.05) is 10.3 Å². The van der Waals surface area contributed by atoms with Crippen molar-refractivity contribution >= 4 is 23.3 Å². The molecule has 0 fully saturated rings. The van der Waals surface area contributed by atoms with Gasteiger partial charge in [0.2, 0.25) is 0 Å². The Balaban J connectivity index is 1.37. The van der Waals surface area contributed by atoms with Crippen LogP contribution in [0.25, 0.3) is 0 Å². The second-order valence-electron chi connectivity index (χ2n) is 8.25. The average Bonchev–Trinajstić information content (AvgIpc) is 2.95. The molecule has 0 amide bonds. The third kappa shape index (κ3) is 5.66. The number of rotatable bonds is 8. The fraction of sp³-hybridized carbons (Fsp3) is 0.0312. The number of anilines is 3. The van der Waals surface area contributed by atoms with Crippen LogP contribution in [0, 0.1) is 0 Å². The van der Waals surface area contributed by atoms with Gasteiger partial charge in [0.05, 0.1) is 23.6 Å². The molecule has 0 atom stereocenters. The zero-order valence-electron chi connectivity index (χ0n) is 19.4. The number of hydrogen-bond acceptors (Lipinski definition) is 3. The lowest BCUT2D eigenvalue weighted by atomic mass is 9.98. The summed E-state index contributed by atoms with van der Waals surface area (Å²) < 4.78 is 0. The van der Waals surface area contributed by atoms with Gasteiger partial charge < -0.3 is 5.32 Å². The quantitative estimate of drug-likeness (QED) is 0.190. The van der Waals surface area contributed by atoms with Crippen LogP contribution in [-0.4, -0.2) is 6.21 Å². The van der Waals surface area contributed by atoms with Crippen molar-refractivity contribution in [2.45, 2.75) is 6.04 Å². The van der Waals surface area contributed by atoms with Gasteiger partial charge >= 0.3 is 0 Å². The van der Waals surface area contributed by atoms with Gasteiger partial charge in [0.1, 0.15) is 0 Å². The number of para-hydroxylation sites is 2. The van der Waals surface area contributed by atoms with Crippen LogP contribution in [-0.2, 0) is 0 Å². The Bertz CT molecular complexity index is 1260. The molecule has 0 radical (unpaired) electrons. The molecule has 35 heavy (non-hydrogen) atoms. The zero-order valence-corrected chi connectivity index (χ0v) is 19.4. The van der Waals surface area contributed by atoms with Crippen LogP contribution in [0.5, 0.6) is 0 Å². The van der Waals surface area contributed by atoms with E-state index in [1.165, 1.54) is 11.1 Å². The largest absolute Gasteiger partial charge is 0.374 e. The predicted octanol–water partition coefficient (Wildman–Crippen LogP) is 8.06. The molecule has 0 aliphatic rings. The standard InChI is InChI=1S/C32H27N3/c1-5-13-27(14-6-1)32(28-15-7-2-8-16-28)34-29-23-21-26(22-24-29)25-33-35(30-17-9-3-10-18-30)31-19-11-4-12-20-31/h1-25,32,34H. The molecule has 0 bridgehead atoms. The SMILES string of the molecule is C(=NN(c1ccccc1)c1ccccc1)c1ccc(NC(c2ccccc2)c2ccccc2)cc1. The van der Waals surface area contributed by atoms with E-state index in [2.05, 4.69) is 102 Å². The van der Waals surface area contributed by atoms with Crippen molar-refractivity contribution in [1.29, 1.82) is 0 Å². The summed E-state index contributed by atoms with van der Waals surface area (Å²) in [6, 6.07) is 49.9. The summed E-state index contributed by atoms with van der Waals surface area (Å²) >= 11 is 0. The lowest BCUT2D eigenvalue weighted by Crippen LogP contribution is -2.12. The minimum Gasteiger partial charge on any atom is -0.374 e. The molecule has 0 aromatic heterocycles. The highest BCUT2D eigenvalue weighted by molar-refractivity contribution is 5.82. The Kier molecular flexibility index (Phi) is 6.97. The lowest BCUT2D eigenvalue weighted by molar-refractivity contribution is 0.939. The number of hydrogen-bond donors (Lipinski definition) is 1. The summed E-state index contributed by atoms with van der Waals surface area (Å²) in [5, 5.41) is 10.5. The van der Waals surface area contributed by atoms with Gasteiger partial charge in [-0.05, 0) is 53.1 Å². The van der Waals surface area contributed by atoms with Crippen molar-refractivity contribution in [3.05, 3.63) is 162 Å². The maximum atomic E-state index is 4.81. The molecule has 5 aromatic carbocycles. The molecular weight excluding hydrogens is 426 g/mol. The summed E-state index contributed by atoms with van der Waals surface area (Å²) in [5.74, 6) is 0. The molecule has 5 aromatic rings. The highest BCUT2D eigenvalue weighted by Gasteiger charge is 2.13. The molecule has 0 aliphatic heterocycles. The molecular formula is C32H27N3. The van der Waals surface area contributed by atoms with Crippen LogP contribution < -0.4 is 10.3 Å². The van der Waals surface area contributed by atoms with E-state index >= 15 is 0 Å². The van der Waals surface area contributed by atoms with Crippen LogP contribution in [0.3, 0.4) is 0 Å². The predicted molar refractivity (Wildman–Crippen MR) is 147 cm³/mol. The van der Waals surface area contributed by atoms with E-state index in [0.29, 0.717) is 0 Å². The molecule has 0 heterocycles. The van der Waals surface area contributed by atoms with Crippen LogP contribution in [0.4, 0.5) is 17.1 Å². The molecule has 170 valence electrons. The van der Waals surface area contributed by atoms with E-state index in [9.17, 15) is 0 Å². The Morgan fingerprint density at radius 1 is 0.514 bits per heavy atom. The summed E-state index contributed by atoms with van der Waals surface area (Å²) in [6.07, 6.45) is 1.90. The summed E-state index contributed by atoms with van der Waals surface area (Å²) in [7, 11) is 0. The Hall–Kier alpha value is -4.63. The number of nitrogens with zero attached hydrogens (tertiary/aromatic N) is 2. The normalized spacial score (nSPS) is 11.0. The molecule has 0 saturated carbocycles. The first-order valence-electron chi connectivity index (χ1n) is 11.8. The van der Waals surface area contributed by atoms with Gasteiger partial charge in [-0.3, -0.25) is 0 Å². The van der Waals surface area contributed by atoms with Gasteiger partial charge in [0.25, 0.3) is 0 Å². The molecule has 0 saturated heterocycles. The molecule has 5 rings (SSSR count). The average molecular weight is 454 g/mol. The maximum absolute atomic E-state index is 4.81. The topological polar surface area (TPSA) is 27.6 Å². The monoisotopic (exact) mass is 453 g/mol. The summed E-state index contributed by atoms with van der Waals surface area (Å²) in [4.78, 5) is 0. The Labute approximate surface area is 207 Å². The molecule has 0 spiro atoms. The summed E-state index contributed by atoms with van der Waals surface area (Å²) in [5.41, 5.74) is 6.58. The van der Waals surface area contributed by atoms with Gasteiger partial charge in [0, 0.05) is 5.69 Å². The number of benzene rings is 5. The highest BCUT2D eigenvalue weighted by atomic mass is 15.5. The molecule has 0 aliphatic carbocycles. The van der Waals surface area contributed by atoms with Crippen molar-refractivity contribution in [2.24, 2.45) is 5.10 Å². The minimum absolute atomic E-state index is 0.0727. The molecule has 3 nitrogen and oxygen atoms in total. The first-order valence-corrected chi connectivity index (χ1v) is 11.8. The second-order valence-corrected chi connectivity index (χ2v) is 8.25. The van der Waals surface area contributed by atoms with Crippen molar-refractivity contribution in [3.63, 3.8) is 0 Å². The van der Waals surface area contributed by atoms with Gasteiger partial charge in [-0.15, -0.1) is 0 Å². The number of hydrazone groups is 1. The summed E-state index contributed by atoms with van der Waals surface area (Å²) in [6.45, 7) is 0. The Morgan fingerprint density at radius 2 is 0.943 bits per heavy atom. The third-order valence-corrected chi connectivity index (χ3v) is 5.81. The zero-order chi connectivity index (χ0) is 23.7. The highest BCUT2D eigenvalue weighted by Crippen LogP contribution is 2.27. The van der Waals surface area contributed by atoms with E-state index < -0.39 is 0 Å². The van der Waals surface area contributed by atoms with Gasteiger partial charge in [-0.25, -0.2) is 5.01 Å². The second kappa shape index (κ2) is 11.0. The smallest absolute Gasteiger partial charge is 0.0767 e. The minimum atomic E-state index is 0.0727. The third-order valence-electron chi connectivity index (χ3n) is 5.81. The van der Waals surface area contributed by atoms with Gasteiger partial charge in [-0.2, -0.15) is 5.10 Å². The first kappa shape index (κ1) is 22.2. The van der Waals surface area contributed by atoms with E-state index in [4.69, 9.17) is 5.10 Å². The molecule has 1 N–H and O–H groups in total. The number of nitrogens with one attached hydrogen (secondary N) is 1.